The fourth-order valence-corrected chi connectivity index (χ4v) is 2.60. The summed E-state index contributed by atoms with van der Waals surface area (Å²) in [6.45, 7) is 1.31. The second kappa shape index (κ2) is 9.07. The van der Waals surface area contributed by atoms with Gasteiger partial charge in [0.25, 0.3) is 0 Å². The number of hydrogen-bond acceptors (Lipinski definition) is 3. The van der Waals surface area contributed by atoms with E-state index in [1.807, 2.05) is 0 Å². The number of halogens is 4. The van der Waals surface area contributed by atoms with Crippen LogP contribution in [0.25, 0.3) is 0 Å². The summed E-state index contributed by atoms with van der Waals surface area (Å²) in [6.07, 6.45) is -4.58. The molecule has 0 aliphatic carbocycles. The number of likely N-dealkylation sites (N-methyl/N-ethyl adjacent to an activating group) is 1. The van der Waals surface area contributed by atoms with Crippen LogP contribution in [0.2, 0.25) is 5.02 Å². The highest BCUT2D eigenvalue weighted by atomic mass is 35.5. The number of para-hydroxylation sites is 1. The van der Waals surface area contributed by atoms with Gasteiger partial charge in [-0.2, -0.15) is 13.2 Å². The maximum atomic E-state index is 13.0. The summed E-state index contributed by atoms with van der Waals surface area (Å²) in [4.78, 5) is 25.9. The smallest absolute Gasteiger partial charge is 0.325 e. The number of benzene rings is 2. The molecule has 0 saturated carbocycles. The molecule has 0 aromatic heterocycles. The Labute approximate surface area is 165 Å². The van der Waals surface area contributed by atoms with Crippen LogP contribution < -0.4 is 10.6 Å². The number of nitrogens with one attached hydrogen (secondary N) is 2. The Hall–Kier alpha value is -2.58. The Balaban J connectivity index is 1.97. The van der Waals surface area contributed by atoms with E-state index in [2.05, 4.69) is 10.6 Å². The highest BCUT2D eigenvalue weighted by Gasteiger charge is 2.33. The fourth-order valence-electron chi connectivity index (χ4n) is 2.41. The van der Waals surface area contributed by atoms with Crippen molar-refractivity contribution in [2.45, 2.75) is 19.1 Å². The lowest BCUT2D eigenvalue weighted by molar-refractivity contribution is -0.137. The zero-order valence-electron chi connectivity index (χ0n) is 15.2. The molecule has 2 aromatic rings. The average Bonchev–Trinajstić information content (AvgIpc) is 2.60. The molecule has 150 valence electrons. The van der Waals surface area contributed by atoms with Crippen LogP contribution in [0.3, 0.4) is 0 Å². The average molecular weight is 414 g/mol. The number of amides is 2. The summed E-state index contributed by atoms with van der Waals surface area (Å²) in [5.74, 6) is -1.05. The van der Waals surface area contributed by atoms with Crippen molar-refractivity contribution in [1.82, 2.24) is 4.90 Å². The van der Waals surface area contributed by atoms with Crippen molar-refractivity contribution in [2.24, 2.45) is 0 Å². The fraction of sp³-hybridized carbons (Fsp3) is 0.263. The topological polar surface area (TPSA) is 61.4 Å². The number of nitrogens with zero attached hydrogens (tertiary/aromatic N) is 1. The molecule has 2 rings (SSSR count). The van der Waals surface area contributed by atoms with E-state index >= 15 is 0 Å². The van der Waals surface area contributed by atoms with Crippen LogP contribution in [0.15, 0.2) is 48.5 Å². The van der Waals surface area contributed by atoms with Crippen molar-refractivity contribution in [3.8, 4) is 0 Å². The molecular weight excluding hydrogens is 395 g/mol. The van der Waals surface area contributed by atoms with E-state index in [1.165, 1.54) is 30.1 Å². The van der Waals surface area contributed by atoms with Gasteiger partial charge in [0.15, 0.2) is 0 Å². The highest BCUT2D eigenvalue weighted by Crippen LogP contribution is 2.34. The van der Waals surface area contributed by atoms with Gasteiger partial charge in [0.05, 0.1) is 23.8 Å². The molecule has 2 amide bonds. The van der Waals surface area contributed by atoms with Gasteiger partial charge < -0.3 is 10.6 Å². The molecule has 28 heavy (non-hydrogen) atoms. The van der Waals surface area contributed by atoms with E-state index < -0.39 is 23.7 Å². The van der Waals surface area contributed by atoms with Crippen molar-refractivity contribution >= 4 is 34.8 Å². The van der Waals surface area contributed by atoms with Gasteiger partial charge >= 0.3 is 6.18 Å². The van der Waals surface area contributed by atoms with Crippen LogP contribution in [-0.2, 0) is 15.8 Å². The Bertz CT molecular complexity index is 858. The molecule has 2 aromatic carbocycles. The Kier molecular flexibility index (Phi) is 7.04. The van der Waals surface area contributed by atoms with E-state index in [9.17, 15) is 22.8 Å². The second-order valence-corrected chi connectivity index (χ2v) is 6.62. The van der Waals surface area contributed by atoms with Gasteiger partial charge in [-0.1, -0.05) is 29.8 Å². The van der Waals surface area contributed by atoms with E-state index in [4.69, 9.17) is 11.6 Å². The van der Waals surface area contributed by atoms with Gasteiger partial charge in [0.1, 0.15) is 0 Å². The van der Waals surface area contributed by atoms with Crippen LogP contribution >= 0.6 is 11.6 Å². The lowest BCUT2D eigenvalue weighted by Gasteiger charge is -2.23. The Morgan fingerprint density at radius 3 is 2.43 bits per heavy atom. The van der Waals surface area contributed by atoms with Crippen molar-refractivity contribution < 1.29 is 22.8 Å². The lowest BCUT2D eigenvalue weighted by atomic mass is 10.1. The molecular formula is C19H19ClF3N3O2. The number of hydrogen-bond donors (Lipinski definition) is 2. The number of anilines is 2. The predicted molar refractivity (Wildman–Crippen MR) is 102 cm³/mol. The number of carbonyl (C=O) groups is 2. The van der Waals surface area contributed by atoms with Gasteiger partial charge in [0, 0.05) is 10.7 Å². The zero-order valence-corrected chi connectivity index (χ0v) is 15.9. The third-order valence-electron chi connectivity index (χ3n) is 4.03. The quantitative estimate of drug-likeness (QED) is 0.744. The summed E-state index contributed by atoms with van der Waals surface area (Å²) >= 11 is 5.87. The first-order chi connectivity index (χ1) is 13.1. The molecule has 0 heterocycles. The van der Waals surface area contributed by atoms with Gasteiger partial charge in [-0.15, -0.1) is 0 Å². The maximum Gasteiger partial charge on any atom is 0.418 e. The standard InChI is InChI=1S/C19H19ClF3N3O2/c1-12(18(28)24-14-7-5-6-13(20)10-14)26(2)11-17(27)25-16-9-4-3-8-15(16)19(21,22)23/h3-10,12H,11H2,1-2H3,(H,24,28)(H,25,27)/t12-/m1/s1. The van der Waals surface area contributed by atoms with Gasteiger partial charge in [-0.05, 0) is 44.3 Å². The van der Waals surface area contributed by atoms with E-state index in [0.717, 1.165) is 6.07 Å². The minimum atomic E-state index is -4.58. The lowest BCUT2D eigenvalue weighted by Crippen LogP contribution is -2.43. The van der Waals surface area contributed by atoms with Crippen molar-refractivity contribution in [3.05, 3.63) is 59.1 Å². The molecule has 0 saturated heterocycles. The Morgan fingerprint density at radius 1 is 1.11 bits per heavy atom. The van der Waals surface area contributed by atoms with E-state index in [1.54, 1.807) is 31.2 Å². The van der Waals surface area contributed by atoms with Crippen molar-refractivity contribution in [1.29, 1.82) is 0 Å². The Morgan fingerprint density at radius 2 is 1.79 bits per heavy atom. The first kappa shape index (κ1) is 21.7. The van der Waals surface area contributed by atoms with Gasteiger partial charge in [-0.3, -0.25) is 14.5 Å². The molecule has 0 unspecified atom stereocenters. The summed E-state index contributed by atoms with van der Waals surface area (Å²) in [7, 11) is 1.53. The molecule has 9 heteroatoms. The molecule has 0 aliphatic heterocycles. The number of carbonyl (C=O) groups excluding carboxylic acids is 2. The van der Waals surface area contributed by atoms with Gasteiger partial charge in [0.2, 0.25) is 11.8 Å². The van der Waals surface area contributed by atoms with Crippen LogP contribution in [0.5, 0.6) is 0 Å². The third-order valence-corrected chi connectivity index (χ3v) is 4.27. The summed E-state index contributed by atoms with van der Waals surface area (Å²) in [5.41, 5.74) is -0.761. The first-order valence-electron chi connectivity index (χ1n) is 8.30. The largest absolute Gasteiger partial charge is 0.418 e. The highest BCUT2D eigenvalue weighted by molar-refractivity contribution is 6.30. The molecule has 5 nitrogen and oxygen atoms in total. The zero-order chi connectivity index (χ0) is 20.9. The molecule has 0 aliphatic rings. The number of alkyl halides is 3. The van der Waals surface area contributed by atoms with Crippen molar-refractivity contribution in [2.75, 3.05) is 24.2 Å². The first-order valence-corrected chi connectivity index (χ1v) is 8.68. The second-order valence-electron chi connectivity index (χ2n) is 6.18. The third kappa shape index (κ3) is 5.97. The SMILES string of the molecule is C[C@H](C(=O)Nc1cccc(Cl)c1)N(C)CC(=O)Nc1ccccc1C(F)(F)F. The van der Waals surface area contributed by atoms with Crippen molar-refractivity contribution in [3.63, 3.8) is 0 Å². The summed E-state index contributed by atoms with van der Waals surface area (Å²) < 4.78 is 39.0. The van der Waals surface area contributed by atoms with Crippen LogP contribution in [-0.4, -0.2) is 36.3 Å². The minimum absolute atomic E-state index is 0.268. The molecule has 2 N–H and O–H groups in total. The van der Waals surface area contributed by atoms with Gasteiger partial charge in [-0.25, -0.2) is 0 Å². The monoisotopic (exact) mass is 413 g/mol. The molecule has 0 spiro atoms. The normalized spacial score (nSPS) is 12.5. The molecule has 0 fully saturated rings. The minimum Gasteiger partial charge on any atom is -0.325 e. The van der Waals surface area contributed by atoms with Crippen LogP contribution in [0.1, 0.15) is 12.5 Å². The van der Waals surface area contributed by atoms with E-state index in [0.29, 0.717) is 10.7 Å². The summed E-state index contributed by atoms with van der Waals surface area (Å²) in [6, 6.07) is 10.6. The predicted octanol–water partition coefficient (Wildman–Crippen LogP) is 4.26. The van der Waals surface area contributed by atoms with Crippen LogP contribution in [0.4, 0.5) is 24.5 Å². The van der Waals surface area contributed by atoms with E-state index in [-0.39, 0.29) is 18.1 Å². The maximum absolute atomic E-state index is 13.0. The molecule has 1 atom stereocenters. The van der Waals surface area contributed by atoms with Crippen LogP contribution in [0, 0.1) is 0 Å². The molecule has 0 radical (unpaired) electrons. The number of rotatable bonds is 6. The summed E-state index contributed by atoms with van der Waals surface area (Å²) in [5, 5.41) is 5.38. The molecule has 0 bridgehead atoms.